The molecule has 1 aromatic rings. The minimum Gasteiger partial charge on any atom is -0.505 e. The Morgan fingerprint density at radius 1 is 1.57 bits per heavy atom. The number of aliphatic hydroxyl groups excluding tert-OH is 1. The van der Waals surface area contributed by atoms with Crippen LogP contribution >= 0.6 is 0 Å². The van der Waals surface area contributed by atoms with Gasteiger partial charge in [-0.25, -0.2) is 13.8 Å². The molecule has 0 saturated carbocycles. The van der Waals surface area contributed by atoms with Gasteiger partial charge in [0, 0.05) is 11.8 Å². The van der Waals surface area contributed by atoms with E-state index in [-0.39, 0.29) is 11.1 Å². The Hall–Kier alpha value is -1.74. The van der Waals surface area contributed by atoms with E-state index in [4.69, 9.17) is 10.4 Å². The van der Waals surface area contributed by atoms with Crippen LogP contribution in [0.3, 0.4) is 0 Å². The number of hydrogen-bond donors (Lipinski definition) is 2. The minimum atomic E-state index is -2.94. The molecule has 74 valence electrons. The van der Waals surface area contributed by atoms with Crippen molar-refractivity contribution in [1.29, 1.82) is 5.26 Å². The van der Waals surface area contributed by atoms with Gasteiger partial charge in [0.05, 0.1) is 12.2 Å². The molecule has 14 heavy (non-hydrogen) atoms. The van der Waals surface area contributed by atoms with E-state index < -0.39 is 24.5 Å². The van der Waals surface area contributed by atoms with Gasteiger partial charge in [-0.05, 0) is 0 Å². The summed E-state index contributed by atoms with van der Waals surface area (Å²) in [7, 11) is 0. The number of halogens is 2. The lowest BCUT2D eigenvalue weighted by molar-refractivity contribution is 0.141. The molecule has 0 atom stereocenters. The average Bonchev–Trinajstić information content (AvgIpc) is 2.16. The second-order valence-electron chi connectivity index (χ2n) is 2.45. The second-order valence-corrected chi connectivity index (χ2v) is 2.45. The highest BCUT2D eigenvalue weighted by Gasteiger charge is 2.19. The Labute approximate surface area is 78.1 Å². The Bertz CT molecular complexity index is 388. The lowest BCUT2D eigenvalue weighted by atomic mass is 10.1. The molecule has 0 aliphatic rings. The van der Waals surface area contributed by atoms with E-state index >= 15 is 0 Å². The van der Waals surface area contributed by atoms with E-state index in [1.54, 1.807) is 6.07 Å². The van der Waals surface area contributed by atoms with Crippen LogP contribution < -0.4 is 0 Å². The largest absolute Gasteiger partial charge is 0.505 e. The summed E-state index contributed by atoms with van der Waals surface area (Å²) < 4.78 is 24.4. The summed E-state index contributed by atoms with van der Waals surface area (Å²) in [6.07, 6.45) is -2.04. The number of rotatable bonds is 2. The molecule has 0 aliphatic heterocycles. The quantitative estimate of drug-likeness (QED) is 0.749. The molecule has 0 bridgehead atoms. The zero-order valence-corrected chi connectivity index (χ0v) is 6.91. The summed E-state index contributed by atoms with van der Waals surface area (Å²) >= 11 is 0. The fourth-order valence-corrected chi connectivity index (χ4v) is 0.971. The third-order valence-corrected chi connectivity index (χ3v) is 1.67. The molecule has 0 aliphatic carbocycles. The molecule has 1 rings (SSSR count). The molecule has 1 aromatic heterocycles. The zero-order chi connectivity index (χ0) is 10.7. The molecular formula is C8H6F2N2O2. The molecular weight excluding hydrogens is 194 g/mol. The van der Waals surface area contributed by atoms with E-state index in [0.29, 0.717) is 0 Å². The number of alkyl halides is 2. The van der Waals surface area contributed by atoms with Gasteiger partial charge in [-0.1, -0.05) is 0 Å². The molecule has 2 N–H and O–H groups in total. The van der Waals surface area contributed by atoms with Gasteiger partial charge < -0.3 is 10.2 Å². The number of pyridine rings is 1. The van der Waals surface area contributed by atoms with Gasteiger partial charge in [0.15, 0.2) is 0 Å². The monoisotopic (exact) mass is 200 g/mol. The summed E-state index contributed by atoms with van der Waals surface area (Å²) in [5.74, 6) is -0.818. The molecule has 4 nitrogen and oxygen atoms in total. The fraction of sp³-hybridized carbons (Fsp3) is 0.250. The van der Waals surface area contributed by atoms with E-state index in [1.165, 1.54) is 0 Å². The summed E-state index contributed by atoms with van der Waals surface area (Å²) in [6, 6.07) is 1.63. The Morgan fingerprint density at radius 3 is 2.64 bits per heavy atom. The second kappa shape index (κ2) is 3.98. The first-order valence-corrected chi connectivity index (χ1v) is 3.61. The Morgan fingerprint density at radius 2 is 2.21 bits per heavy atom. The maximum Gasteiger partial charge on any atom is 0.284 e. The van der Waals surface area contributed by atoms with Crippen molar-refractivity contribution >= 4 is 0 Å². The van der Waals surface area contributed by atoms with Gasteiger partial charge in [-0.2, -0.15) is 5.26 Å². The SMILES string of the molecule is N#Cc1cnc(C(F)F)c(O)c1CO. The molecule has 0 unspecified atom stereocenters. The smallest absolute Gasteiger partial charge is 0.284 e. The molecule has 0 spiro atoms. The van der Waals surface area contributed by atoms with E-state index in [2.05, 4.69) is 4.98 Å². The third-order valence-electron chi connectivity index (χ3n) is 1.67. The molecule has 1 heterocycles. The van der Waals surface area contributed by atoms with Crippen molar-refractivity contribution in [1.82, 2.24) is 4.98 Å². The molecule has 6 heteroatoms. The van der Waals surface area contributed by atoms with Crippen LogP contribution in [0.4, 0.5) is 8.78 Å². The summed E-state index contributed by atoms with van der Waals surface area (Å²) in [5, 5.41) is 26.5. The van der Waals surface area contributed by atoms with E-state index in [0.717, 1.165) is 6.20 Å². The van der Waals surface area contributed by atoms with Gasteiger partial charge in [-0.15, -0.1) is 0 Å². The highest BCUT2D eigenvalue weighted by atomic mass is 19.3. The first kappa shape index (κ1) is 10.3. The van der Waals surface area contributed by atoms with Gasteiger partial charge in [0.1, 0.15) is 17.5 Å². The number of hydrogen-bond acceptors (Lipinski definition) is 4. The number of aromatic nitrogens is 1. The molecule has 0 amide bonds. The highest BCUT2D eigenvalue weighted by Crippen LogP contribution is 2.30. The van der Waals surface area contributed by atoms with Crippen molar-refractivity contribution < 1.29 is 19.0 Å². The van der Waals surface area contributed by atoms with Gasteiger partial charge >= 0.3 is 0 Å². The fourth-order valence-electron chi connectivity index (χ4n) is 0.971. The van der Waals surface area contributed by atoms with E-state index in [9.17, 15) is 13.9 Å². The molecule has 0 aromatic carbocycles. The maximum atomic E-state index is 12.2. The van der Waals surface area contributed by atoms with Crippen LogP contribution in [0.1, 0.15) is 23.2 Å². The van der Waals surface area contributed by atoms with Crippen LogP contribution in [-0.2, 0) is 6.61 Å². The Balaban J connectivity index is 3.37. The van der Waals surface area contributed by atoms with Crippen molar-refractivity contribution in [3.05, 3.63) is 23.0 Å². The van der Waals surface area contributed by atoms with Crippen molar-refractivity contribution in [3.8, 4) is 11.8 Å². The minimum absolute atomic E-state index is 0.116. The number of aliphatic hydroxyl groups is 1. The zero-order valence-electron chi connectivity index (χ0n) is 6.91. The van der Waals surface area contributed by atoms with Crippen LogP contribution in [0.2, 0.25) is 0 Å². The van der Waals surface area contributed by atoms with Crippen molar-refractivity contribution in [3.63, 3.8) is 0 Å². The lowest BCUT2D eigenvalue weighted by Crippen LogP contribution is -1.98. The third kappa shape index (κ3) is 1.63. The van der Waals surface area contributed by atoms with Crippen molar-refractivity contribution in [2.75, 3.05) is 0 Å². The standard InChI is InChI=1S/C8H6F2N2O2/c9-8(10)6-7(14)5(3-13)4(1-11)2-12-6/h2,8,13-14H,3H2. The summed E-state index contributed by atoms with van der Waals surface area (Å²) in [5.41, 5.74) is -1.17. The first-order chi connectivity index (χ1) is 6.61. The van der Waals surface area contributed by atoms with Crippen LogP contribution in [0.25, 0.3) is 0 Å². The molecule has 0 saturated heterocycles. The topological polar surface area (TPSA) is 77.1 Å². The molecule has 0 fully saturated rings. The lowest BCUT2D eigenvalue weighted by Gasteiger charge is -2.07. The van der Waals surface area contributed by atoms with Crippen molar-refractivity contribution in [2.24, 2.45) is 0 Å². The van der Waals surface area contributed by atoms with Gasteiger partial charge in [0.25, 0.3) is 6.43 Å². The predicted molar refractivity (Wildman–Crippen MR) is 41.5 cm³/mol. The summed E-state index contributed by atoms with van der Waals surface area (Å²) in [4.78, 5) is 3.22. The predicted octanol–water partition coefficient (Wildman–Crippen LogP) is 1.09. The Kier molecular flexibility index (Phi) is 2.94. The van der Waals surface area contributed by atoms with Gasteiger partial charge in [-0.3, -0.25) is 0 Å². The van der Waals surface area contributed by atoms with Crippen LogP contribution in [0.5, 0.6) is 5.75 Å². The average molecular weight is 200 g/mol. The highest BCUT2D eigenvalue weighted by molar-refractivity contribution is 5.46. The van der Waals surface area contributed by atoms with Crippen molar-refractivity contribution in [2.45, 2.75) is 13.0 Å². The number of nitriles is 1. The maximum absolute atomic E-state index is 12.2. The number of nitrogens with zero attached hydrogens (tertiary/aromatic N) is 2. The summed E-state index contributed by atoms with van der Waals surface area (Å²) in [6.45, 7) is -0.684. The normalized spacial score (nSPS) is 10.2. The van der Waals surface area contributed by atoms with Crippen LogP contribution in [0.15, 0.2) is 6.20 Å². The van der Waals surface area contributed by atoms with Crippen LogP contribution in [-0.4, -0.2) is 15.2 Å². The van der Waals surface area contributed by atoms with Gasteiger partial charge in [0.2, 0.25) is 0 Å². The van der Waals surface area contributed by atoms with Crippen LogP contribution in [0, 0.1) is 11.3 Å². The first-order valence-electron chi connectivity index (χ1n) is 3.61. The molecule has 0 radical (unpaired) electrons. The van der Waals surface area contributed by atoms with E-state index in [1.807, 2.05) is 0 Å². The number of aromatic hydroxyl groups is 1.